The maximum Gasteiger partial charge on any atom is 0.238 e. The van der Waals surface area contributed by atoms with E-state index in [2.05, 4.69) is 10.6 Å². The van der Waals surface area contributed by atoms with E-state index < -0.39 is 0 Å². The third-order valence-electron chi connectivity index (χ3n) is 2.61. The third kappa shape index (κ3) is 4.00. The summed E-state index contributed by atoms with van der Waals surface area (Å²) in [7, 11) is 0. The average Bonchev–Trinajstić information content (AvgIpc) is 2.83. The largest absolute Gasteiger partial charge is 0.380 e. The molecule has 2 rings (SSSR count). The molecule has 17 heavy (non-hydrogen) atoms. The molecule has 92 valence electrons. The fourth-order valence-electron chi connectivity index (χ4n) is 1.67. The number of anilines is 1. The van der Waals surface area contributed by atoms with Crippen LogP contribution < -0.4 is 10.6 Å². The van der Waals surface area contributed by atoms with Gasteiger partial charge in [-0.25, -0.2) is 0 Å². The highest BCUT2D eigenvalue weighted by Crippen LogP contribution is 2.13. The third-order valence-corrected chi connectivity index (χ3v) is 2.86. The number of ether oxygens (including phenoxy) is 1. The molecular formula is C12H15ClN2O2. The van der Waals surface area contributed by atoms with Crippen LogP contribution in [0.4, 0.5) is 5.69 Å². The van der Waals surface area contributed by atoms with Crippen molar-refractivity contribution in [2.45, 2.75) is 12.5 Å². The summed E-state index contributed by atoms with van der Waals surface area (Å²) in [5.74, 6) is -0.0563. The second-order valence-electron chi connectivity index (χ2n) is 4.00. The molecule has 0 aromatic heterocycles. The second-order valence-corrected chi connectivity index (χ2v) is 4.43. The Morgan fingerprint density at radius 1 is 1.41 bits per heavy atom. The van der Waals surface area contributed by atoms with Gasteiger partial charge >= 0.3 is 0 Å². The summed E-state index contributed by atoms with van der Waals surface area (Å²) in [5, 5.41) is 6.60. The van der Waals surface area contributed by atoms with E-state index in [4.69, 9.17) is 16.3 Å². The lowest BCUT2D eigenvalue weighted by Crippen LogP contribution is -2.36. The van der Waals surface area contributed by atoms with E-state index in [9.17, 15) is 4.79 Å². The van der Waals surface area contributed by atoms with Gasteiger partial charge in [-0.05, 0) is 30.7 Å². The number of hydrogen-bond donors (Lipinski definition) is 2. The molecule has 1 saturated heterocycles. The minimum atomic E-state index is -0.0563. The van der Waals surface area contributed by atoms with Crippen molar-refractivity contribution in [3.05, 3.63) is 29.3 Å². The van der Waals surface area contributed by atoms with Crippen LogP contribution in [0.2, 0.25) is 5.02 Å². The van der Waals surface area contributed by atoms with Crippen LogP contribution in [-0.4, -0.2) is 31.7 Å². The van der Waals surface area contributed by atoms with Gasteiger partial charge in [-0.3, -0.25) is 4.79 Å². The molecule has 1 heterocycles. The van der Waals surface area contributed by atoms with Gasteiger partial charge in [0.05, 0.1) is 13.2 Å². The fourth-order valence-corrected chi connectivity index (χ4v) is 1.80. The van der Waals surface area contributed by atoms with E-state index in [1.54, 1.807) is 24.3 Å². The van der Waals surface area contributed by atoms with E-state index in [1.165, 1.54) is 0 Å². The molecular weight excluding hydrogens is 240 g/mol. The van der Waals surface area contributed by atoms with Gasteiger partial charge in [0.25, 0.3) is 0 Å². The quantitative estimate of drug-likeness (QED) is 0.859. The highest BCUT2D eigenvalue weighted by molar-refractivity contribution is 6.30. The zero-order valence-electron chi connectivity index (χ0n) is 9.41. The van der Waals surface area contributed by atoms with Crippen LogP contribution in [0.15, 0.2) is 24.3 Å². The SMILES string of the molecule is O=C(CNC1CCOC1)Nc1ccc(Cl)cc1. The molecule has 4 nitrogen and oxygen atoms in total. The Bertz CT molecular complexity index is 375. The van der Waals surface area contributed by atoms with Crippen LogP contribution >= 0.6 is 11.6 Å². The molecule has 0 spiro atoms. The Morgan fingerprint density at radius 2 is 2.18 bits per heavy atom. The summed E-state index contributed by atoms with van der Waals surface area (Å²) in [6.07, 6.45) is 0.966. The molecule has 1 unspecified atom stereocenters. The Labute approximate surface area is 105 Å². The van der Waals surface area contributed by atoms with Gasteiger partial charge in [0.15, 0.2) is 0 Å². The topological polar surface area (TPSA) is 50.4 Å². The molecule has 1 amide bonds. The zero-order valence-corrected chi connectivity index (χ0v) is 10.2. The normalized spacial score (nSPS) is 19.2. The van der Waals surface area contributed by atoms with Crippen molar-refractivity contribution >= 4 is 23.2 Å². The summed E-state index contributed by atoms with van der Waals surface area (Å²) < 4.78 is 5.21. The first kappa shape index (κ1) is 12.4. The molecule has 0 saturated carbocycles. The Balaban J connectivity index is 1.74. The minimum absolute atomic E-state index is 0.0563. The van der Waals surface area contributed by atoms with Crippen molar-refractivity contribution in [2.24, 2.45) is 0 Å². The predicted molar refractivity (Wildman–Crippen MR) is 67.3 cm³/mol. The van der Waals surface area contributed by atoms with Gasteiger partial charge in [-0.1, -0.05) is 11.6 Å². The number of benzene rings is 1. The first-order chi connectivity index (χ1) is 8.24. The summed E-state index contributed by atoms with van der Waals surface area (Å²) in [5.41, 5.74) is 0.754. The predicted octanol–water partition coefficient (Wildman–Crippen LogP) is 1.66. The van der Waals surface area contributed by atoms with Crippen LogP contribution in [0.3, 0.4) is 0 Å². The lowest BCUT2D eigenvalue weighted by Gasteiger charge is -2.10. The van der Waals surface area contributed by atoms with Gasteiger partial charge in [0.2, 0.25) is 5.91 Å². The fraction of sp³-hybridized carbons (Fsp3) is 0.417. The molecule has 1 aromatic carbocycles. The first-order valence-corrected chi connectivity index (χ1v) is 5.98. The number of nitrogens with one attached hydrogen (secondary N) is 2. The maximum absolute atomic E-state index is 11.6. The maximum atomic E-state index is 11.6. The number of hydrogen-bond acceptors (Lipinski definition) is 3. The molecule has 1 aromatic rings. The number of carbonyl (C=O) groups excluding carboxylic acids is 1. The van der Waals surface area contributed by atoms with Crippen LogP contribution in [0.5, 0.6) is 0 Å². The molecule has 1 aliphatic heterocycles. The number of amides is 1. The van der Waals surface area contributed by atoms with Crippen molar-refractivity contribution in [3.8, 4) is 0 Å². The number of carbonyl (C=O) groups is 1. The minimum Gasteiger partial charge on any atom is -0.380 e. The average molecular weight is 255 g/mol. The van der Waals surface area contributed by atoms with Gasteiger partial charge in [0, 0.05) is 23.4 Å². The Kier molecular flexibility index (Phi) is 4.36. The van der Waals surface area contributed by atoms with Crippen molar-refractivity contribution < 1.29 is 9.53 Å². The van der Waals surface area contributed by atoms with Crippen LogP contribution in [0.25, 0.3) is 0 Å². The van der Waals surface area contributed by atoms with Gasteiger partial charge < -0.3 is 15.4 Å². The van der Waals surface area contributed by atoms with Gasteiger partial charge in [-0.15, -0.1) is 0 Å². The van der Waals surface area contributed by atoms with Crippen molar-refractivity contribution in [2.75, 3.05) is 25.1 Å². The van der Waals surface area contributed by atoms with E-state index in [-0.39, 0.29) is 5.91 Å². The lowest BCUT2D eigenvalue weighted by atomic mass is 10.2. The molecule has 0 aliphatic carbocycles. The highest BCUT2D eigenvalue weighted by Gasteiger charge is 2.15. The summed E-state index contributed by atoms with van der Waals surface area (Å²) in [6, 6.07) is 7.34. The molecule has 2 N–H and O–H groups in total. The Morgan fingerprint density at radius 3 is 2.82 bits per heavy atom. The van der Waals surface area contributed by atoms with E-state index in [1.807, 2.05) is 0 Å². The second kappa shape index (κ2) is 6.00. The zero-order chi connectivity index (χ0) is 12.1. The van der Waals surface area contributed by atoms with Crippen molar-refractivity contribution in [1.82, 2.24) is 5.32 Å². The smallest absolute Gasteiger partial charge is 0.238 e. The van der Waals surface area contributed by atoms with Crippen LogP contribution in [0.1, 0.15) is 6.42 Å². The van der Waals surface area contributed by atoms with Crippen LogP contribution in [-0.2, 0) is 9.53 Å². The summed E-state index contributed by atoms with van der Waals surface area (Å²) in [4.78, 5) is 11.6. The number of halogens is 1. The van der Waals surface area contributed by atoms with E-state index in [0.29, 0.717) is 24.2 Å². The van der Waals surface area contributed by atoms with Crippen molar-refractivity contribution in [3.63, 3.8) is 0 Å². The molecule has 0 bridgehead atoms. The first-order valence-electron chi connectivity index (χ1n) is 5.60. The molecule has 5 heteroatoms. The molecule has 1 atom stereocenters. The van der Waals surface area contributed by atoms with E-state index >= 15 is 0 Å². The molecule has 1 fully saturated rings. The molecule has 0 radical (unpaired) electrons. The highest BCUT2D eigenvalue weighted by atomic mass is 35.5. The monoisotopic (exact) mass is 254 g/mol. The van der Waals surface area contributed by atoms with Crippen molar-refractivity contribution in [1.29, 1.82) is 0 Å². The standard InChI is InChI=1S/C12H15ClN2O2/c13-9-1-3-10(4-2-9)15-12(16)7-14-11-5-6-17-8-11/h1-4,11,14H,5-8H2,(H,15,16). The van der Waals surface area contributed by atoms with Gasteiger partial charge in [-0.2, -0.15) is 0 Å². The lowest BCUT2D eigenvalue weighted by molar-refractivity contribution is -0.115. The molecule has 1 aliphatic rings. The Hall–Kier alpha value is -1.10. The van der Waals surface area contributed by atoms with E-state index in [0.717, 1.165) is 18.7 Å². The summed E-state index contributed by atoms with van der Waals surface area (Å²) in [6.45, 7) is 1.77. The summed E-state index contributed by atoms with van der Waals surface area (Å²) >= 11 is 5.76. The van der Waals surface area contributed by atoms with Crippen LogP contribution in [0, 0.1) is 0 Å². The number of rotatable bonds is 4. The van der Waals surface area contributed by atoms with Gasteiger partial charge in [0.1, 0.15) is 0 Å².